The molecule has 0 aromatic heterocycles. The molecule has 1 aromatic carbocycles. The molecule has 1 fully saturated rings. The van der Waals surface area contributed by atoms with Gasteiger partial charge < -0.3 is 9.80 Å². The van der Waals surface area contributed by atoms with Gasteiger partial charge in [0.2, 0.25) is 5.91 Å². The second kappa shape index (κ2) is 4.57. The molecule has 0 atom stereocenters. The molecule has 90 valence electrons. The zero-order valence-electron chi connectivity index (χ0n) is 10.1. The van der Waals surface area contributed by atoms with E-state index in [0.29, 0.717) is 18.7 Å². The highest BCUT2D eigenvalue weighted by Crippen LogP contribution is 2.22. The van der Waals surface area contributed by atoms with Crippen LogP contribution in [0.1, 0.15) is 17.3 Å². The molecule has 17 heavy (non-hydrogen) atoms. The Morgan fingerprint density at radius 3 is 2.59 bits per heavy atom. The van der Waals surface area contributed by atoms with Gasteiger partial charge in [0.15, 0.2) is 5.78 Å². The summed E-state index contributed by atoms with van der Waals surface area (Å²) in [5, 5.41) is 0. The van der Waals surface area contributed by atoms with Crippen LogP contribution in [0, 0.1) is 0 Å². The number of nitrogens with zero attached hydrogens (tertiary/aromatic N) is 2. The summed E-state index contributed by atoms with van der Waals surface area (Å²) < 4.78 is 0. The molecular formula is C13H16N2O2. The first-order chi connectivity index (χ1) is 8.09. The first kappa shape index (κ1) is 11.6. The van der Waals surface area contributed by atoms with E-state index in [0.717, 1.165) is 12.2 Å². The van der Waals surface area contributed by atoms with Gasteiger partial charge in [0.25, 0.3) is 0 Å². The van der Waals surface area contributed by atoms with Crippen LogP contribution in [0.3, 0.4) is 0 Å². The number of hydrogen-bond acceptors (Lipinski definition) is 3. The number of piperazine rings is 1. The Kier molecular flexibility index (Phi) is 3.13. The highest BCUT2D eigenvalue weighted by molar-refractivity contribution is 6.00. The zero-order valence-corrected chi connectivity index (χ0v) is 10.1. The highest BCUT2D eigenvalue weighted by atomic mass is 16.2. The van der Waals surface area contributed by atoms with Gasteiger partial charge in [-0.05, 0) is 19.1 Å². The van der Waals surface area contributed by atoms with Crippen LogP contribution in [0.5, 0.6) is 0 Å². The van der Waals surface area contributed by atoms with E-state index in [9.17, 15) is 9.59 Å². The Labute approximate surface area is 101 Å². The maximum atomic E-state index is 11.7. The van der Waals surface area contributed by atoms with Gasteiger partial charge in [-0.15, -0.1) is 0 Å². The summed E-state index contributed by atoms with van der Waals surface area (Å²) in [6.07, 6.45) is 0. The number of Topliss-reactive ketones (excluding diaryl/α,β-unsaturated/α-hetero) is 1. The lowest BCUT2D eigenvalue weighted by atomic mass is 10.1. The third-order valence-corrected chi connectivity index (χ3v) is 3.08. The third-order valence-electron chi connectivity index (χ3n) is 3.08. The molecule has 1 aliphatic rings. The number of benzene rings is 1. The molecule has 1 amide bonds. The van der Waals surface area contributed by atoms with E-state index in [4.69, 9.17) is 0 Å². The number of likely N-dealkylation sites (N-methyl/N-ethyl adjacent to an activating group) is 1. The van der Waals surface area contributed by atoms with Crippen LogP contribution in [0.25, 0.3) is 0 Å². The van der Waals surface area contributed by atoms with Crippen molar-refractivity contribution in [3.63, 3.8) is 0 Å². The second-order valence-corrected chi connectivity index (χ2v) is 4.31. The summed E-state index contributed by atoms with van der Waals surface area (Å²) in [6, 6.07) is 7.44. The number of rotatable bonds is 2. The number of ketones is 1. The molecule has 0 aliphatic carbocycles. The van der Waals surface area contributed by atoms with Crippen molar-refractivity contribution in [1.82, 2.24) is 4.90 Å². The average Bonchev–Trinajstić information content (AvgIpc) is 2.32. The highest BCUT2D eigenvalue weighted by Gasteiger charge is 2.23. The lowest BCUT2D eigenvalue weighted by Gasteiger charge is -2.34. The van der Waals surface area contributed by atoms with Crippen molar-refractivity contribution in [3.05, 3.63) is 29.8 Å². The molecule has 0 spiro atoms. The van der Waals surface area contributed by atoms with Crippen molar-refractivity contribution in [3.8, 4) is 0 Å². The fourth-order valence-corrected chi connectivity index (χ4v) is 2.01. The van der Waals surface area contributed by atoms with Crippen LogP contribution in [-0.4, -0.2) is 43.3 Å². The average molecular weight is 232 g/mol. The number of para-hydroxylation sites is 1. The molecule has 1 heterocycles. The molecule has 0 saturated carbocycles. The second-order valence-electron chi connectivity index (χ2n) is 4.31. The molecule has 4 nitrogen and oxygen atoms in total. The zero-order chi connectivity index (χ0) is 12.4. The standard InChI is InChI=1S/C13H16N2O2/c1-10(16)11-5-3-4-6-12(11)15-8-7-14(2)13(17)9-15/h3-6H,7-9H2,1-2H3. The summed E-state index contributed by atoms with van der Waals surface area (Å²) in [5.74, 6) is 0.126. The van der Waals surface area contributed by atoms with E-state index in [1.165, 1.54) is 0 Å². The van der Waals surface area contributed by atoms with Gasteiger partial charge in [0.1, 0.15) is 0 Å². The van der Waals surface area contributed by atoms with Gasteiger partial charge >= 0.3 is 0 Å². The Morgan fingerprint density at radius 2 is 1.94 bits per heavy atom. The summed E-state index contributed by atoms with van der Waals surface area (Å²) in [5.41, 5.74) is 1.55. The smallest absolute Gasteiger partial charge is 0.241 e. The van der Waals surface area contributed by atoms with Crippen molar-refractivity contribution < 1.29 is 9.59 Å². The minimum atomic E-state index is 0.0342. The molecule has 2 rings (SSSR count). The molecule has 1 aromatic rings. The lowest BCUT2D eigenvalue weighted by Crippen LogP contribution is -2.48. The molecule has 0 N–H and O–H groups in total. The monoisotopic (exact) mass is 232 g/mol. The maximum Gasteiger partial charge on any atom is 0.241 e. The molecule has 4 heteroatoms. The number of carbonyl (C=O) groups excluding carboxylic acids is 2. The number of anilines is 1. The van der Waals surface area contributed by atoms with Gasteiger partial charge in [-0.1, -0.05) is 12.1 Å². The summed E-state index contributed by atoms with van der Waals surface area (Å²) in [6.45, 7) is 3.37. The largest absolute Gasteiger partial charge is 0.360 e. The predicted molar refractivity (Wildman–Crippen MR) is 66.3 cm³/mol. The van der Waals surface area contributed by atoms with Crippen molar-refractivity contribution in [2.75, 3.05) is 31.6 Å². The molecule has 0 unspecified atom stereocenters. The van der Waals surface area contributed by atoms with E-state index < -0.39 is 0 Å². The Hall–Kier alpha value is -1.84. The molecule has 1 aliphatic heterocycles. The summed E-state index contributed by atoms with van der Waals surface area (Å²) in [7, 11) is 1.80. The predicted octanol–water partition coefficient (Wildman–Crippen LogP) is 1.17. The van der Waals surface area contributed by atoms with Crippen molar-refractivity contribution in [1.29, 1.82) is 0 Å². The summed E-state index contributed by atoms with van der Waals surface area (Å²) >= 11 is 0. The van der Waals surface area contributed by atoms with Crippen LogP contribution >= 0.6 is 0 Å². The molecule has 1 saturated heterocycles. The topological polar surface area (TPSA) is 40.6 Å². The third kappa shape index (κ3) is 2.30. The minimum absolute atomic E-state index is 0.0342. The normalized spacial score (nSPS) is 16.2. The first-order valence-electron chi connectivity index (χ1n) is 5.68. The Balaban J connectivity index is 2.29. The first-order valence-corrected chi connectivity index (χ1v) is 5.68. The Morgan fingerprint density at radius 1 is 1.24 bits per heavy atom. The van der Waals surface area contributed by atoms with Crippen molar-refractivity contribution in [2.24, 2.45) is 0 Å². The van der Waals surface area contributed by atoms with E-state index in [-0.39, 0.29) is 11.7 Å². The van der Waals surface area contributed by atoms with E-state index >= 15 is 0 Å². The summed E-state index contributed by atoms with van der Waals surface area (Å²) in [4.78, 5) is 26.9. The van der Waals surface area contributed by atoms with Crippen LogP contribution in [0.15, 0.2) is 24.3 Å². The number of carbonyl (C=O) groups is 2. The lowest BCUT2D eigenvalue weighted by molar-refractivity contribution is -0.129. The Bertz CT molecular complexity index is 456. The van der Waals surface area contributed by atoms with Gasteiger partial charge in [-0.3, -0.25) is 9.59 Å². The van der Waals surface area contributed by atoms with Crippen LogP contribution < -0.4 is 4.90 Å². The van der Waals surface area contributed by atoms with Crippen LogP contribution in [-0.2, 0) is 4.79 Å². The fourth-order valence-electron chi connectivity index (χ4n) is 2.01. The van der Waals surface area contributed by atoms with E-state index in [2.05, 4.69) is 0 Å². The van der Waals surface area contributed by atoms with Crippen LogP contribution in [0.4, 0.5) is 5.69 Å². The van der Waals surface area contributed by atoms with Crippen molar-refractivity contribution in [2.45, 2.75) is 6.92 Å². The minimum Gasteiger partial charge on any atom is -0.360 e. The van der Waals surface area contributed by atoms with Gasteiger partial charge in [0.05, 0.1) is 6.54 Å². The fraction of sp³-hybridized carbons (Fsp3) is 0.385. The SMILES string of the molecule is CC(=O)c1ccccc1N1CCN(C)C(=O)C1. The molecular weight excluding hydrogens is 216 g/mol. The molecule has 0 bridgehead atoms. The molecule has 0 radical (unpaired) electrons. The van der Waals surface area contributed by atoms with E-state index in [1.807, 2.05) is 23.1 Å². The van der Waals surface area contributed by atoms with Crippen LogP contribution in [0.2, 0.25) is 0 Å². The van der Waals surface area contributed by atoms with Gasteiger partial charge in [0, 0.05) is 31.4 Å². The number of amides is 1. The van der Waals surface area contributed by atoms with Crippen molar-refractivity contribution >= 4 is 17.4 Å². The van der Waals surface area contributed by atoms with Gasteiger partial charge in [-0.25, -0.2) is 0 Å². The van der Waals surface area contributed by atoms with Gasteiger partial charge in [-0.2, -0.15) is 0 Å². The maximum absolute atomic E-state index is 11.7. The van der Waals surface area contributed by atoms with E-state index in [1.54, 1.807) is 24.9 Å². The quantitative estimate of drug-likeness (QED) is 0.719. The number of hydrogen-bond donors (Lipinski definition) is 0.